The molecule has 36 heavy (non-hydrogen) atoms. The number of aromatic nitrogens is 3. The van der Waals surface area contributed by atoms with Crippen molar-refractivity contribution >= 4 is 27.8 Å². The number of aromatic amines is 1. The lowest BCUT2D eigenvalue weighted by molar-refractivity contribution is -0.157. The van der Waals surface area contributed by atoms with Gasteiger partial charge in [0.25, 0.3) is 0 Å². The smallest absolute Gasteiger partial charge is 0.335 e. The minimum atomic E-state index is -1.78. The summed E-state index contributed by atoms with van der Waals surface area (Å²) in [4.78, 5) is 11.9. The highest BCUT2D eigenvalue weighted by atomic mass is 19.1. The van der Waals surface area contributed by atoms with E-state index in [0.29, 0.717) is 18.7 Å². The first-order valence-corrected chi connectivity index (χ1v) is 11.9. The number of aliphatic carboxylic acids is 1. The summed E-state index contributed by atoms with van der Waals surface area (Å²) in [6, 6.07) is 8.79. The molecule has 0 aliphatic heterocycles. The average Bonchev–Trinajstić information content (AvgIpc) is 3.53. The molecule has 2 aromatic carbocycles. The minimum absolute atomic E-state index is 0.102. The van der Waals surface area contributed by atoms with Gasteiger partial charge in [0.1, 0.15) is 0 Å². The van der Waals surface area contributed by atoms with E-state index in [2.05, 4.69) is 28.6 Å². The Kier molecular flexibility index (Phi) is 5.80. The van der Waals surface area contributed by atoms with Gasteiger partial charge in [0.15, 0.2) is 17.2 Å². The van der Waals surface area contributed by atoms with Crippen LogP contribution in [0.4, 0.5) is 4.39 Å². The molecule has 1 aliphatic rings. The number of hydrogen-bond acceptors (Lipinski definition) is 5. The predicted molar refractivity (Wildman–Crippen MR) is 134 cm³/mol. The molecule has 0 amide bonds. The summed E-state index contributed by atoms with van der Waals surface area (Å²) < 4.78 is 27.4. The molecular weight excluding hydrogens is 465 g/mol. The molecular formula is C27H30FN3O5. The topological polar surface area (TPSA) is 110 Å². The van der Waals surface area contributed by atoms with Gasteiger partial charge < -0.3 is 24.3 Å². The zero-order valence-corrected chi connectivity index (χ0v) is 20.8. The summed E-state index contributed by atoms with van der Waals surface area (Å²) >= 11 is 0. The summed E-state index contributed by atoms with van der Waals surface area (Å²) in [5.41, 5.74) is 2.02. The summed E-state index contributed by atoms with van der Waals surface area (Å²) in [5, 5.41) is 29.6. The Morgan fingerprint density at radius 2 is 2.08 bits per heavy atom. The van der Waals surface area contributed by atoms with E-state index in [-0.39, 0.29) is 24.5 Å². The third-order valence-corrected chi connectivity index (χ3v) is 7.40. The van der Waals surface area contributed by atoms with Crippen molar-refractivity contribution in [2.24, 2.45) is 0 Å². The maximum Gasteiger partial charge on any atom is 0.335 e. The van der Waals surface area contributed by atoms with Crippen molar-refractivity contribution in [2.75, 3.05) is 20.8 Å². The van der Waals surface area contributed by atoms with Crippen LogP contribution >= 0.6 is 0 Å². The van der Waals surface area contributed by atoms with Crippen LogP contribution in [0.15, 0.2) is 36.5 Å². The number of halogens is 1. The van der Waals surface area contributed by atoms with Crippen LogP contribution < -0.4 is 4.74 Å². The van der Waals surface area contributed by atoms with Crippen molar-refractivity contribution in [3.05, 3.63) is 53.6 Å². The number of benzene rings is 2. The number of H-pyrrole nitrogens is 1. The fraction of sp³-hybridized carbons (Fsp3) is 0.407. The van der Waals surface area contributed by atoms with Crippen LogP contribution in [0.3, 0.4) is 0 Å². The lowest BCUT2D eigenvalue weighted by atomic mass is 9.81. The van der Waals surface area contributed by atoms with Crippen LogP contribution in [0.25, 0.3) is 27.5 Å². The van der Waals surface area contributed by atoms with E-state index < -0.39 is 22.8 Å². The number of nitrogens with zero attached hydrogens (tertiary/aromatic N) is 2. The maximum atomic E-state index is 14.4. The van der Waals surface area contributed by atoms with E-state index >= 15 is 0 Å². The quantitative estimate of drug-likeness (QED) is 0.344. The molecule has 0 radical (unpaired) electrons. The fourth-order valence-electron chi connectivity index (χ4n) is 5.78. The third-order valence-electron chi connectivity index (χ3n) is 7.40. The van der Waals surface area contributed by atoms with Crippen molar-refractivity contribution in [1.82, 2.24) is 14.8 Å². The van der Waals surface area contributed by atoms with Gasteiger partial charge in [0.2, 0.25) is 0 Å². The van der Waals surface area contributed by atoms with E-state index in [1.165, 1.54) is 13.2 Å². The number of ether oxygens (including phenoxy) is 2. The predicted octanol–water partition coefficient (Wildman–Crippen LogP) is 4.66. The third kappa shape index (κ3) is 3.74. The molecule has 1 fully saturated rings. The first-order valence-electron chi connectivity index (χ1n) is 11.9. The Labute approximate surface area is 207 Å². The summed E-state index contributed by atoms with van der Waals surface area (Å²) in [6.45, 7) is 4.53. The molecule has 190 valence electrons. The number of methoxy groups -OCH3 is 2. The lowest BCUT2D eigenvalue weighted by Gasteiger charge is -2.30. The van der Waals surface area contributed by atoms with Gasteiger partial charge in [-0.15, -0.1) is 0 Å². The average molecular weight is 496 g/mol. The van der Waals surface area contributed by atoms with Gasteiger partial charge in [-0.2, -0.15) is 5.10 Å². The normalized spacial score (nSPS) is 20.4. The van der Waals surface area contributed by atoms with Crippen LogP contribution in [0.2, 0.25) is 0 Å². The van der Waals surface area contributed by atoms with Gasteiger partial charge in [-0.25, -0.2) is 9.18 Å². The summed E-state index contributed by atoms with van der Waals surface area (Å²) in [7, 11) is 3.07. The highest BCUT2D eigenvalue weighted by Crippen LogP contribution is 2.49. The number of carboxylic acids is 1. The van der Waals surface area contributed by atoms with Gasteiger partial charge in [0.05, 0.1) is 30.9 Å². The fourth-order valence-corrected chi connectivity index (χ4v) is 5.78. The van der Waals surface area contributed by atoms with E-state index in [0.717, 1.165) is 33.1 Å². The van der Waals surface area contributed by atoms with Crippen molar-refractivity contribution in [3.63, 3.8) is 0 Å². The molecule has 0 spiro atoms. The number of carbonyl (C=O) groups is 1. The highest BCUT2D eigenvalue weighted by Gasteiger charge is 2.47. The summed E-state index contributed by atoms with van der Waals surface area (Å²) in [5.74, 6) is -1.75. The summed E-state index contributed by atoms with van der Waals surface area (Å²) in [6.07, 6.45) is 2.53. The number of carboxylic acid groups (broad SMARTS) is 1. The molecule has 5 rings (SSSR count). The number of hydrogen-bond donors (Lipinski definition) is 3. The van der Waals surface area contributed by atoms with Crippen molar-refractivity contribution in [3.8, 4) is 11.4 Å². The molecule has 1 unspecified atom stereocenters. The maximum absolute atomic E-state index is 14.4. The molecule has 2 atom stereocenters. The highest BCUT2D eigenvalue weighted by molar-refractivity contribution is 5.99. The molecule has 2 aromatic heterocycles. The SMILES string of the molecule is COCC(C)(C)c1c(C2CC[C@@](O)(C(=O)O)C2)c2cc3[nH]ncc3cc2n1-c1ccc(F)c(OC)c1. The minimum Gasteiger partial charge on any atom is -0.494 e. The number of rotatable bonds is 7. The standard InChI is InChI=1S/C27H30FN3O5/c1-26(2,14-35-3)24-23(15-7-8-27(34,12-15)25(32)33)18-11-20-16(13-29-30-20)9-21(18)31(24)17-5-6-19(28)22(10-17)36-4/h5-6,9-11,13,15,34H,7-8,12,14H2,1-4H3,(H,29,30)(H,32,33)/t15?,27-/m0/s1. The van der Waals surface area contributed by atoms with E-state index in [1.54, 1.807) is 25.4 Å². The Bertz CT molecular complexity index is 1470. The van der Waals surface area contributed by atoms with Gasteiger partial charge in [-0.1, -0.05) is 13.8 Å². The zero-order chi connectivity index (χ0) is 25.8. The molecule has 8 nitrogen and oxygen atoms in total. The molecule has 4 aromatic rings. The Morgan fingerprint density at radius 1 is 1.31 bits per heavy atom. The number of aliphatic hydroxyl groups is 1. The van der Waals surface area contributed by atoms with E-state index in [1.807, 2.05) is 12.1 Å². The second-order valence-electron chi connectivity index (χ2n) is 10.3. The van der Waals surface area contributed by atoms with Crippen LogP contribution in [-0.2, 0) is 14.9 Å². The Morgan fingerprint density at radius 3 is 2.75 bits per heavy atom. The molecule has 0 bridgehead atoms. The van der Waals surface area contributed by atoms with Gasteiger partial charge >= 0.3 is 5.97 Å². The van der Waals surface area contributed by atoms with Gasteiger partial charge in [-0.05, 0) is 55.0 Å². The van der Waals surface area contributed by atoms with Crippen LogP contribution in [0.1, 0.15) is 50.3 Å². The Hall–Kier alpha value is -3.43. The monoisotopic (exact) mass is 495 g/mol. The second-order valence-corrected chi connectivity index (χ2v) is 10.3. The zero-order valence-electron chi connectivity index (χ0n) is 20.8. The number of fused-ring (bicyclic) bond motifs is 2. The van der Waals surface area contributed by atoms with Crippen LogP contribution in [-0.4, -0.2) is 57.4 Å². The first kappa shape index (κ1) is 24.3. The molecule has 2 heterocycles. The molecule has 1 saturated carbocycles. The van der Waals surface area contributed by atoms with Crippen molar-refractivity contribution in [1.29, 1.82) is 0 Å². The van der Waals surface area contributed by atoms with Crippen molar-refractivity contribution < 1.29 is 28.9 Å². The second kappa shape index (κ2) is 8.60. The van der Waals surface area contributed by atoms with Crippen molar-refractivity contribution in [2.45, 2.75) is 50.0 Å². The molecule has 9 heteroatoms. The van der Waals surface area contributed by atoms with Gasteiger partial charge in [0, 0.05) is 40.7 Å². The largest absolute Gasteiger partial charge is 0.494 e. The number of nitrogens with one attached hydrogen (secondary N) is 1. The lowest BCUT2D eigenvalue weighted by Crippen LogP contribution is -2.35. The van der Waals surface area contributed by atoms with Crippen LogP contribution in [0, 0.1) is 5.82 Å². The molecule has 3 N–H and O–H groups in total. The van der Waals surface area contributed by atoms with Gasteiger partial charge in [-0.3, -0.25) is 5.10 Å². The molecule has 0 saturated heterocycles. The molecule has 1 aliphatic carbocycles. The van der Waals surface area contributed by atoms with Crippen LogP contribution in [0.5, 0.6) is 5.75 Å². The Balaban J connectivity index is 1.88. The first-order chi connectivity index (χ1) is 17.1. The van der Waals surface area contributed by atoms with E-state index in [4.69, 9.17) is 9.47 Å². The van der Waals surface area contributed by atoms with E-state index in [9.17, 15) is 19.4 Å².